The number of amides is 4. The van der Waals surface area contributed by atoms with E-state index in [2.05, 4.69) is 15.6 Å². The Morgan fingerprint density at radius 2 is 1.88 bits per heavy atom. The highest BCUT2D eigenvalue weighted by atomic mass is 16.2. The average Bonchev–Trinajstić information content (AvgIpc) is 3.39. The van der Waals surface area contributed by atoms with Gasteiger partial charge in [0.05, 0.1) is 11.9 Å². The van der Waals surface area contributed by atoms with Crippen molar-refractivity contribution in [1.29, 1.82) is 0 Å². The minimum atomic E-state index is -0.655. The van der Waals surface area contributed by atoms with Crippen LogP contribution in [-0.2, 0) is 16.1 Å². The number of primary amides is 1. The highest BCUT2D eigenvalue weighted by Crippen LogP contribution is 2.29. The highest BCUT2D eigenvalue weighted by Gasteiger charge is 2.39. The Balaban J connectivity index is 1.38. The van der Waals surface area contributed by atoms with E-state index in [-0.39, 0.29) is 24.8 Å². The van der Waals surface area contributed by atoms with Crippen molar-refractivity contribution in [2.24, 2.45) is 5.73 Å². The summed E-state index contributed by atoms with van der Waals surface area (Å²) in [6.07, 6.45) is 2.28. The summed E-state index contributed by atoms with van der Waals surface area (Å²) in [5, 5.41) is 10.7. The predicted octanol–water partition coefficient (Wildman–Crippen LogP) is 0.794. The minimum absolute atomic E-state index is 0.212. The smallest absolute Gasteiger partial charge is 0.255 e. The molecule has 1 saturated heterocycles. The molecule has 0 bridgehead atoms. The fraction of sp³-hybridized carbons (Fsp3) is 0.182. The molecule has 1 unspecified atom stereocenters. The molecule has 0 saturated carbocycles. The number of hydrogen-bond donors (Lipinski definition) is 2. The predicted molar refractivity (Wildman–Crippen MR) is 111 cm³/mol. The van der Waals surface area contributed by atoms with E-state index in [4.69, 9.17) is 5.73 Å². The number of benzene rings is 2. The maximum atomic E-state index is 12.8. The van der Waals surface area contributed by atoms with E-state index in [1.807, 2.05) is 6.07 Å². The summed E-state index contributed by atoms with van der Waals surface area (Å²) in [5.41, 5.74) is 9.10. The summed E-state index contributed by atoms with van der Waals surface area (Å²) < 4.78 is 1.59. The summed E-state index contributed by atoms with van der Waals surface area (Å²) in [7, 11) is 0. The molecular weight excluding hydrogens is 412 g/mol. The summed E-state index contributed by atoms with van der Waals surface area (Å²) in [6.45, 7) is 0.282. The topological polar surface area (TPSA) is 140 Å². The van der Waals surface area contributed by atoms with Crippen molar-refractivity contribution >= 4 is 23.6 Å². The average molecular weight is 430 g/mol. The van der Waals surface area contributed by atoms with Crippen LogP contribution in [-0.4, -0.2) is 49.6 Å². The van der Waals surface area contributed by atoms with E-state index in [9.17, 15) is 19.2 Å². The molecule has 0 radical (unpaired) electrons. The maximum Gasteiger partial charge on any atom is 0.255 e. The first-order valence-electron chi connectivity index (χ1n) is 10.0. The zero-order valence-electron chi connectivity index (χ0n) is 16.8. The van der Waals surface area contributed by atoms with Crippen LogP contribution in [0.4, 0.5) is 0 Å². The van der Waals surface area contributed by atoms with Crippen molar-refractivity contribution in [2.75, 3.05) is 0 Å². The van der Waals surface area contributed by atoms with Crippen molar-refractivity contribution in [1.82, 2.24) is 25.2 Å². The van der Waals surface area contributed by atoms with Crippen molar-refractivity contribution < 1.29 is 19.2 Å². The molecule has 1 atom stereocenters. The van der Waals surface area contributed by atoms with Gasteiger partial charge in [-0.2, -0.15) is 0 Å². The van der Waals surface area contributed by atoms with E-state index < -0.39 is 17.9 Å². The van der Waals surface area contributed by atoms with E-state index in [0.717, 1.165) is 11.1 Å². The lowest BCUT2D eigenvalue weighted by atomic mass is 10.0. The molecule has 160 valence electrons. The van der Waals surface area contributed by atoms with Crippen LogP contribution < -0.4 is 11.1 Å². The fourth-order valence-electron chi connectivity index (χ4n) is 4.03. The van der Waals surface area contributed by atoms with E-state index in [0.29, 0.717) is 28.9 Å². The molecule has 3 N–H and O–H groups in total. The molecule has 3 aromatic rings. The van der Waals surface area contributed by atoms with Gasteiger partial charge in [0.1, 0.15) is 11.7 Å². The molecule has 2 aromatic carbocycles. The third-order valence-corrected chi connectivity index (χ3v) is 5.73. The van der Waals surface area contributed by atoms with E-state index in [1.165, 1.54) is 4.90 Å². The number of hydrogen-bond acceptors (Lipinski definition) is 6. The number of fused-ring (bicyclic) bond motifs is 1. The number of nitrogens with one attached hydrogen (secondary N) is 1. The molecule has 0 spiro atoms. The summed E-state index contributed by atoms with van der Waals surface area (Å²) >= 11 is 0. The van der Waals surface area contributed by atoms with E-state index >= 15 is 0 Å². The largest absolute Gasteiger partial charge is 0.366 e. The Morgan fingerprint density at radius 3 is 2.59 bits per heavy atom. The van der Waals surface area contributed by atoms with Crippen molar-refractivity contribution in [3.05, 3.63) is 65.4 Å². The first kappa shape index (κ1) is 19.6. The lowest BCUT2D eigenvalue weighted by molar-refractivity contribution is -0.136. The van der Waals surface area contributed by atoms with Gasteiger partial charge >= 0.3 is 0 Å². The summed E-state index contributed by atoms with van der Waals surface area (Å²) in [6, 6.07) is 11.4. The lowest BCUT2D eigenvalue weighted by Gasteiger charge is -2.29. The quantitative estimate of drug-likeness (QED) is 0.587. The van der Waals surface area contributed by atoms with Crippen LogP contribution in [0.3, 0.4) is 0 Å². The van der Waals surface area contributed by atoms with Gasteiger partial charge in [0.25, 0.3) is 5.91 Å². The van der Waals surface area contributed by atoms with Gasteiger partial charge in [-0.05, 0) is 42.3 Å². The van der Waals surface area contributed by atoms with Crippen LogP contribution in [0.5, 0.6) is 0 Å². The second-order valence-electron chi connectivity index (χ2n) is 7.73. The second-order valence-corrected chi connectivity index (χ2v) is 7.73. The normalized spacial score (nSPS) is 17.9. The molecule has 10 nitrogen and oxygen atoms in total. The Labute approximate surface area is 182 Å². The van der Waals surface area contributed by atoms with Crippen molar-refractivity contribution in [2.45, 2.75) is 25.4 Å². The molecular formula is C22H18N6O4. The molecule has 2 aliphatic rings. The molecule has 1 aromatic heterocycles. The van der Waals surface area contributed by atoms with Gasteiger partial charge in [0, 0.05) is 29.7 Å². The third kappa shape index (κ3) is 3.31. The van der Waals surface area contributed by atoms with Crippen LogP contribution in [0.25, 0.3) is 16.9 Å². The first-order valence-corrected chi connectivity index (χ1v) is 10.0. The van der Waals surface area contributed by atoms with E-state index in [1.54, 1.807) is 47.3 Å². The van der Waals surface area contributed by atoms with Gasteiger partial charge in [-0.15, -0.1) is 5.10 Å². The Morgan fingerprint density at radius 1 is 1.09 bits per heavy atom. The Bertz CT molecular complexity index is 1280. The number of carbonyl (C=O) groups excluding carboxylic acids is 4. The number of nitrogens with zero attached hydrogens (tertiary/aromatic N) is 4. The first-order chi connectivity index (χ1) is 15.4. The zero-order valence-corrected chi connectivity index (χ0v) is 16.8. The SMILES string of the molecule is NC(=O)c1ccc(-c2cn(-c3ccc4c(c3)CN(C3CCC(=O)NC3=O)C4=O)nn2)cc1. The number of carbonyl (C=O) groups is 4. The zero-order chi connectivity index (χ0) is 22.4. The number of imide groups is 1. The van der Waals surface area contributed by atoms with Gasteiger partial charge in [-0.1, -0.05) is 17.3 Å². The Kier molecular flexibility index (Phi) is 4.54. The van der Waals surface area contributed by atoms with Gasteiger partial charge in [0.2, 0.25) is 17.7 Å². The molecule has 5 rings (SSSR count). The third-order valence-electron chi connectivity index (χ3n) is 5.73. The van der Waals surface area contributed by atoms with Crippen LogP contribution in [0.1, 0.15) is 39.1 Å². The van der Waals surface area contributed by atoms with Gasteiger partial charge < -0.3 is 10.6 Å². The maximum absolute atomic E-state index is 12.8. The van der Waals surface area contributed by atoms with Gasteiger partial charge in [0.15, 0.2) is 0 Å². The van der Waals surface area contributed by atoms with Crippen LogP contribution in [0.2, 0.25) is 0 Å². The van der Waals surface area contributed by atoms with Gasteiger partial charge in [-0.3, -0.25) is 24.5 Å². The molecule has 2 aliphatic heterocycles. The second kappa shape index (κ2) is 7.41. The molecule has 0 aliphatic carbocycles. The van der Waals surface area contributed by atoms with Crippen LogP contribution in [0.15, 0.2) is 48.7 Å². The van der Waals surface area contributed by atoms with Crippen LogP contribution in [0, 0.1) is 0 Å². The lowest BCUT2D eigenvalue weighted by Crippen LogP contribution is -2.52. The number of piperidine rings is 1. The highest BCUT2D eigenvalue weighted by molar-refractivity contribution is 6.05. The number of rotatable bonds is 4. The number of aromatic nitrogens is 3. The van der Waals surface area contributed by atoms with Crippen molar-refractivity contribution in [3.63, 3.8) is 0 Å². The molecule has 32 heavy (non-hydrogen) atoms. The van der Waals surface area contributed by atoms with Gasteiger partial charge in [-0.25, -0.2) is 4.68 Å². The van der Waals surface area contributed by atoms with Crippen molar-refractivity contribution in [3.8, 4) is 16.9 Å². The minimum Gasteiger partial charge on any atom is -0.366 e. The summed E-state index contributed by atoms with van der Waals surface area (Å²) in [5.74, 6) is -1.48. The fourth-order valence-corrected chi connectivity index (χ4v) is 4.03. The summed E-state index contributed by atoms with van der Waals surface area (Å²) in [4.78, 5) is 49.2. The standard InChI is InChI=1S/C22H18N6O4/c23-20(30)13-3-1-12(2-4-13)17-11-28(26-25-17)15-5-6-16-14(9-15)10-27(22(16)32)18-7-8-19(29)24-21(18)31/h1-6,9,11,18H,7-8,10H2,(H2,23,30)(H,24,29,31). The number of nitrogens with two attached hydrogens (primary N) is 1. The Hall–Kier alpha value is -4.34. The molecule has 4 amide bonds. The monoisotopic (exact) mass is 430 g/mol. The molecule has 1 fully saturated rings. The molecule has 10 heteroatoms. The van der Waals surface area contributed by atoms with Crippen LogP contribution >= 0.6 is 0 Å². The molecule has 3 heterocycles.